The Kier molecular flexibility index (Phi) is 3.37. The van der Waals surface area contributed by atoms with Gasteiger partial charge in [0.25, 0.3) is 0 Å². The van der Waals surface area contributed by atoms with E-state index >= 15 is 0 Å². The number of nitrogens with zero attached hydrogens (tertiary/aromatic N) is 1. The minimum atomic E-state index is -0.449. The highest BCUT2D eigenvalue weighted by molar-refractivity contribution is 7.12. The first-order chi connectivity index (χ1) is 12.6. The molecule has 1 aromatic heterocycles. The van der Waals surface area contributed by atoms with Gasteiger partial charge < -0.3 is 4.74 Å². The van der Waals surface area contributed by atoms with Crippen molar-refractivity contribution in [3.8, 4) is 5.75 Å². The fourth-order valence-electron chi connectivity index (χ4n) is 4.39. The zero-order valence-electron chi connectivity index (χ0n) is 13.7. The summed E-state index contributed by atoms with van der Waals surface area (Å²) in [6.45, 7) is 0. The van der Waals surface area contributed by atoms with E-state index in [0.29, 0.717) is 16.3 Å². The van der Waals surface area contributed by atoms with Crippen molar-refractivity contribution in [2.75, 3.05) is 4.90 Å². The van der Waals surface area contributed by atoms with Gasteiger partial charge in [-0.3, -0.25) is 9.59 Å². The van der Waals surface area contributed by atoms with Crippen LogP contribution in [0, 0.1) is 23.7 Å². The van der Waals surface area contributed by atoms with E-state index in [2.05, 4.69) is 12.2 Å². The summed E-state index contributed by atoms with van der Waals surface area (Å²) in [6.07, 6.45) is 5.04. The number of hydrogen-bond acceptors (Lipinski definition) is 5. The molecule has 6 heteroatoms. The van der Waals surface area contributed by atoms with Crippen LogP contribution in [0.15, 0.2) is 53.9 Å². The van der Waals surface area contributed by atoms with Gasteiger partial charge in [-0.05, 0) is 41.8 Å². The number of allylic oxidation sites excluding steroid dienone is 2. The van der Waals surface area contributed by atoms with E-state index in [1.807, 2.05) is 0 Å². The molecule has 5 nitrogen and oxygen atoms in total. The molecule has 1 saturated carbocycles. The lowest BCUT2D eigenvalue weighted by Gasteiger charge is -2.17. The van der Waals surface area contributed by atoms with E-state index in [-0.39, 0.29) is 35.5 Å². The third kappa shape index (κ3) is 2.18. The number of rotatable bonds is 3. The molecule has 0 unspecified atom stereocenters. The van der Waals surface area contributed by atoms with Crippen molar-refractivity contribution in [3.05, 3.63) is 58.8 Å². The van der Waals surface area contributed by atoms with Crippen LogP contribution in [0.5, 0.6) is 5.75 Å². The van der Waals surface area contributed by atoms with Crippen molar-refractivity contribution in [3.63, 3.8) is 0 Å². The number of amides is 2. The van der Waals surface area contributed by atoms with Crippen molar-refractivity contribution in [1.29, 1.82) is 0 Å². The number of thiophene rings is 1. The van der Waals surface area contributed by atoms with Crippen LogP contribution in [0.2, 0.25) is 0 Å². The number of benzene rings is 1. The van der Waals surface area contributed by atoms with E-state index in [1.165, 1.54) is 16.2 Å². The van der Waals surface area contributed by atoms with E-state index in [1.54, 1.807) is 41.8 Å². The Bertz CT molecular complexity index is 918. The number of fused-ring (bicyclic) bond motifs is 5. The molecule has 5 rings (SSSR count). The van der Waals surface area contributed by atoms with Gasteiger partial charge in [0, 0.05) is 6.07 Å². The topological polar surface area (TPSA) is 63.7 Å². The van der Waals surface area contributed by atoms with Crippen molar-refractivity contribution in [1.82, 2.24) is 0 Å². The summed E-state index contributed by atoms with van der Waals surface area (Å²) < 4.78 is 5.39. The molecule has 2 amide bonds. The molecule has 1 aliphatic heterocycles. The van der Waals surface area contributed by atoms with Gasteiger partial charge in [0.2, 0.25) is 11.8 Å². The number of ether oxygens (including phenoxy) is 1. The van der Waals surface area contributed by atoms with Crippen LogP contribution < -0.4 is 9.64 Å². The Morgan fingerprint density at radius 3 is 2.42 bits per heavy atom. The number of carbonyl (C=O) groups is 3. The molecule has 0 N–H and O–H groups in total. The molecule has 130 valence electrons. The SMILES string of the molecule is O=C(Oc1cccc(N2C(=O)[C@@H]3[C@@H](C2=O)[C@H]2C=C[C@H]3C2)c1)c1cccs1. The van der Waals surface area contributed by atoms with Crippen molar-refractivity contribution in [2.24, 2.45) is 23.7 Å². The summed E-state index contributed by atoms with van der Waals surface area (Å²) in [4.78, 5) is 39.6. The Labute approximate surface area is 153 Å². The highest BCUT2D eigenvalue weighted by Gasteiger charge is 2.59. The van der Waals surface area contributed by atoms with Crippen molar-refractivity contribution in [2.45, 2.75) is 6.42 Å². The molecule has 2 bridgehead atoms. The summed E-state index contributed by atoms with van der Waals surface area (Å²) in [6, 6.07) is 10.1. The Balaban J connectivity index is 1.42. The fourth-order valence-corrected chi connectivity index (χ4v) is 4.99. The van der Waals surface area contributed by atoms with Crippen LogP contribution in [-0.2, 0) is 9.59 Å². The highest BCUT2D eigenvalue weighted by atomic mass is 32.1. The average molecular weight is 365 g/mol. The Morgan fingerprint density at radius 1 is 1.04 bits per heavy atom. The minimum Gasteiger partial charge on any atom is -0.422 e. The lowest BCUT2D eigenvalue weighted by atomic mass is 9.85. The molecule has 1 aromatic carbocycles. The standard InChI is InChI=1S/C20H15NO4S/c22-18-16-11-6-7-12(9-11)17(16)19(23)21(18)13-3-1-4-14(10-13)25-20(24)15-5-2-8-26-15/h1-8,10-12,16-17H,9H2/t11-,12-,16-,17-/m0/s1. The first kappa shape index (κ1) is 15.5. The molecule has 3 aliphatic rings. The normalized spacial score (nSPS) is 28.7. The van der Waals surface area contributed by atoms with Crippen LogP contribution in [0.3, 0.4) is 0 Å². The number of carbonyl (C=O) groups excluding carboxylic acids is 3. The van der Waals surface area contributed by atoms with Crippen LogP contribution >= 0.6 is 11.3 Å². The van der Waals surface area contributed by atoms with Gasteiger partial charge in [-0.25, -0.2) is 9.69 Å². The molecule has 2 heterocycles. The highest BCUT2D eigenvalue weighted by Crippen LogP contribution is 2.53. The summed E-state index contributed by atoms with van der Waals surface area (Å²) in [5, 5.41) is 1.80. The van der Waals surface area contributed by atoms with E-state index in [0.717, 1.165) is 6.42 Å². The zero-order valence-corrected chi connectivity index (χ0v) is 14.5. The molecule has 0 radical (unpaired) electrons. The third-order valence-electron chi connectivity index (χ3n) is 5.48. The average Bonchev–Trinajstić information content (AvgIpc) is 3.39. The lowest BCUT2D eigenvalue weighted by molar-refractivity contribution is -0.123. The predicted octanol–water partition coefficient (Wildman–Crippen LogP) is 3.28. The molecule has 1 saturated heterocycles. The van der Waals surface area contributed by atoms with Crippen molar-refractivity contribution >= 4 is 34.8 Å². The largest absolute Gasteiger partial charge is 0.422 e. The van der Waals surface area contributed by atoms with Gasteiger partial charge in [-0.1, -0.05) is 24.3 Å². The summed E-state index contributed by atoms with van der Waals surface area (Å²) in [7, 11) is 0. The maximum atomic E-state index is 12.9. The predicted molar refractivity (Wildman–Crippen MR) is 95.9 cm³/mol. The van der Waals surface area contributed by atoms with Crippen LogP contribution in [0.25, 0.3) is 0 Å². The minimum absolute atomic E-state index is 0.140. The lowest BCUT2D eigenvalue weighted by Crippen LogP contribution is -2.32. The van der Waals surface area contributed by atoms with E-state index in [4.69, 9.17) is 4.74 Å². The molecule has 2 aliphatic carbocycles. The molecule has 2 fully saturated rings. The Morgan fingerprint density at radius 2 is 1.77 bits per heavy atom. The number of hydrogen-bond donors (Lipinski definition) is 0. The number of anilines is 1. The number of esters is 1. The number of imide groups is 1. The van der Waals surface area contributed by atoms with Crippen molar-refractivity contribution < 1.29 is 19.1 Å². The summed E-state index contributed by atoms with van der Waals surface area (Å²) >= 11 is 1.30. The first-order valence-electron chi connectivity index (χ1n) is 8.55. The van der Waals surface area contributed by atoms with Gasteiger partial charge in [0.05, 0.1) is 17.5 Å². The van der Waals surface area contributed by atoms with Gasteiger partial charge >= 0.3 is 5.97 Å². The smallest absolute Gasteiger partial charge is 0.353 e. The molecule has 0 spiro atoms. The van der Waals surface area contributed by atoms with Crippen LogP contribution in [-0.4, -0.2) is 17.8 Å². The second-order valence-electron chi connectivity index (χ2n) is 6.88. The molecular formula is C20H15NO4S. The molecule has 2 aromatic rings. The molecule has 26 heavy (non-hydrogen) atoms. The van der Waals surface area contributed by atoms with Gasteiger partial charge in [-0.2, -0.15) is 0 Å². The zero-order chi connectivity index (χ0) is 17.8. The fraction of sp³-hybridized carbons (Fsp3) is 0.250. The van der Waals surface area contributed by atoms with Crippen LogP contribution in [0.4, 0.5) is 5.69 Å². The molecular weight excluding hydrogens is 350 g/mol. The second kappa shape index (κ2) is 5.64. The summed E-state index contributed by atoms with van der Waals surface area (Å²) in [5.41, 5.74) is 0.463. The molecule has 4 atom stereocenters. The maximum Gasteiger partial charge on any atom is 0.353 e. The quantitative estimate of drug-likeness (QED) is 0.362. The maximum absolute atomic E-state index is 12.9. The van der Waals surface area contributed by atoms with Gasteiger partial charge in [0.1, 0.15) is 10.6 Å². The van der Waals surface area contributed by atoms with Gasteiger partial charge in [-0.15, -0.1) is 11.3 Å². The third-order valence-corrected chi connectivity index (χ3v) is 6.33. The Hall–Kier alpha value is -2.73. The second-order valence-corrected chi connectivity index (χ2v) is 7.82. The van der Waals surface area contributed by atoms with Gasteiger partial charge in [0.15, 0.2) is 0 Å². The van der Waals surface area contributed by atoms with E-state index in [9.17, 15) is 14.4 Å². The monoisotopic (exact) mass is 365 g/mol. The summed E-state index contributed by atoms with van der Waals surface area (Å²) in [5.74, 6) is -0.547. The van der Waals surface area contributed by atoms with Crippen LogP contribution in [0.1, 0.15) is 16.1 Å². The van der Waals surface area contributed by atoms with E-state index < -0.39 is 5.97 Å². The first-order valence-corrected chi connectivity index (χ1v) is 9.43.